The molecule has 0 saturated carbocycles. The molecule has 7 nitrogen and oxygen atoms in total. The molecule has 2 aromatic heterocycles. The van der Waals surface area contributed by atoms with E-state index in [2.05, 4.69) is 15.1 Å². The third kappa shape index (κ3) is 3.02. The average Bonchev–Trinajstić information content (AvgIpc) is 3.08. The highest BCUT2D eigenvalue weighted by molar-refractivity contribution is 7.88. The molecule has 2 aromatic rings. The van der Waals surface area contributed by atoms with Gasteiger partial charge >= 0.3 is 0 Å². The van der Waals surface area contributed by atoms with Gasteiger partial charge in [-0.05, 0) is 24.8 Å². The highest BCUT2D eigenvalue weighted by Gasteiger charge is 2.29. The molecule has 0 unspecified atom stereocenters. The van der Waals surface area contributed by atoms with E-state index in [9.17, 15) is 8.42 Å². The maximum atomic E-state index is 11.6. The number of aromatic nitrogens is 4. The minimum atomic E-state index is -3.10. The van der Waals surface area contributed by atoms with Gasteiger partial charge < -0.3 is 0 Å². The van der Waals surface area contributed by atoms with Gasteiger partial charge in [-0.25, -0.2) is 12.7 Å². The molecule has 0 amide bonds. The predicted molar refractivity (Wildman–Crippen MR) is 82.5 cm³/mol. The van der Waals surface area contributed by atoms with E-state index in [0.717, 1.165) is 29.9 Å². The van der Waals surface area contributed by atoms with Crippen LogP contribution < -0.4 is 0 Å². The number of hydrogen-bond donors (Lipinski definition) is 0. The molecule has 3 heterocycles. The summed E-state index contributed by atoms with van der Waals surface area (Å²) in [4.78, 5) is 8.89. The number of rotatable bonds is 4. The highest BCUT2D eigenvalue weighted by Crippen LogP contribution is 2.26. The Bertz CT molecular complexity index is 771. The summed E-state index contributed by atoms with van der Waals surface area (Å²) in [6.45, 7) is 1.14. The van der Waals surface area contributed by atoms with Gasteiger partial charge in [0.1, 0.15) is 5.69 Å². The van der Waals surface area contributed by atoms with E-state index in [1.54, 1.807) is 23.3 Å². The molecule has 118 valence electrons. The van der Waals surface area contributed by atoms with E-state index < -0.39 is 10.0 Å². The third-order valence-electron chi connectivity index (χ3n) is 4.04. The largest absolute Gasteiger partial charge is 0.266 e. The van der Waals surface area contributed by atoms with E-state index in [1.807, 2.05) is 13.1 Å². The van der Waals surface area contributed by atoms with Crippen LogP contribution in [0, 0.1) is 5.92 Å². The van der Waals surface area contributed by atoms with Crippen LogP contribution in [0.1, 0.15) is 12.1 Å². The lowest BCUT2D eigenvalue weighted by molar-refractivity contribution is 0.459. The van der Waals surface area contributed by atoms with Crippen molar-refractivity contribution in [3.63, 3.8) is 0 Å². The zero-order valence-corrected chi connectivity index (χ0v) is 13.5. The Balaban J connectivity index is 1.81. The van der Waals surface area contributed by atoms with Crippen LogP contribution in [0.25, 0.3) is 11.4 Å². The van der Waals surface area contributed by atoms with Crippen LogP contribution in [0.15, 0.2) is 24.7 Å². The number of sulfonamides is 1. The van der Waals surface area contributed by atoms with E-state index in [-0.39, 0.29) is 5.92 Å². The first-order chi connectivity index (χ1) is 10.4. The molecule has 8 heteroatoms. The van der Waals surface area contributed by atoms with Crippen LogP contribution in [0.2, 0.25) is 0 Å². The molecule has 0 spiro atoms. The fourth-order valence-electron chi connectivity index (χ4n) is 2.87. The van der Waals surface area contributed by atoms with Crippen LogP contribution in [-0.4, -0.2) is 51.8 Å². The minimum Gasteiger partial charge on any atom is -0.266 e. The van der Waals surface area contributed by atoms with Gasteiger partial charge in [-0.2, -0.15) is 5.10 Å². The Morgan fingerprint density at radius 3 is 2.68 bits per heavy atom. The molecule has 1 aliphatic rings. The Morgan fingerprint density at radius 1 is 1.27 bits per heavy atom. The van der Waals surface area contributed by atoms with Crippen molar-refractivity contribution in [2.45, 2.75) is 12.8 Å². The van der Waals surface area contributed by atoms with Gasteiger partial charge in [0.05, 0.1) is 17.6 Å². The molecule has 0 radical (unpaired) electrons. The minimum absolute atomic E-state index is 0.276. The number of nitrogens with zero attached hydrogens (tertiary/aromatic N) is 5. The summed E-state index contributed by atoms with van der Waals surface area (Å²) in [5.74, 6) is 0.276. The molecule has 0 aromatic carbocycles. The van der Waals surface area contributed by atoms with Crippen molar-refractivity contribution in [1.29, 1.82) is 0 Å². The van der Waals surface area contributed by atoms with Gasteiger partial charge in [-0.3, -0.25) is 14.6 Å². The molecule has 1 atom stereocenters. The van der Waals surface area contributed by atoms with E-state index in [0.29, 0.717) is 13.1 Å². The second-order valence-electron chi connectivity index (χ2n) is 5.67. The Morgan fingerprint density at radius 2 is 2.05 bits per heavy atom. The van der Waals surface area contributed by atoms with Gasteiger partial charge in [-0.15, -0.1) is 0 Å². The molecule has 3 rings (SSSR count). The summed E-state index contributed by atoms with van der Waals surface area (Å²) in [6, 6.07) is 1.91. The first-order valence-electron chi connectivity index (χ1n) is 7.18. The van der Waals surface area contributed by atoms with E-state index in [4.69, 9.17) is 0 Å². The maximum Gasteiger partial charge on any atom is 0.211 e. The number of aryl methyl sites for hydroxylation is 1. The Kier molecular flexibility index (Phi) is 3.96. The van der Waals surface area contributed by atoms with Crippen LogP contribution in [0.3, 0.4) is 0 Å². The lowest BCUT2D eigenvalue weighted by Crippen LogP contribution is -2.27. The summed E-state index contributed by atoms with van der Waals surface area (Å²) in [7, 11) is -1.23. The first kappa shape index (κ1) is 15.1. The van der Waals surface area contributed by atoms with Gasteiger partial charge in [0.25, 0.3) is 0 Å². The van der Waals surface area contributed by atoms with Crippen molar-refractivity contribution in [3.05, 3.63) is 30.4 Å². The molecular formula is C14H19N5O2S. The van der Waals surface area contributed by atoms with Crippen LogP contribution >= 0.6 is 0 Å². The van der Waals surface area contributed by atoms with Gasteiger partial charge in [0.2, 0.25) is 10.0 Å². The van der Waals surface area contributed by atoms with Crippen molar-refractivity contribution in [3.8, 4) is 11.4 Å². The van der Waals surface area contributed by atoms with Crippen LogP contribution in [0.4, 0.5) is 0 Å². The maximum absolute atomic E-state index is 11.6. The second kappa shape index (κ2) is 5.77. The lowest BCUT2D eigenvalue weighted by Gasteiger charge is -2.14. The van der Waals surface area contributed by atoms with Crippen molar-refractivity contribution in [2.24, 2.45) is 13.0 Å². The zero-order chi connectivity index (χ0) is 15.7. The summed E-state index contributed by atoms with van der Waals surface area (Å²) in [6.07, 6.45) is 7.92. The molecule has 0 aliphatic carbocycles. The summed E-state index contributed by atoms with van der Waals surface area (Å²) >= 11 is 0. The monoisotopic (exact) mass is 321 g/mol. The summed E-state index contributed by atoms with van der Waals surface area (Å²) in [5.41, 5.74) is 2.63. The fourth-order valence-corrected chi connectivity index (χ4v) is 3.79. The molecule has 1 saturated heterocycles. The Hall–Kier alpha value is -1.80. The Labute approximate surface area is 130 Å². The smallest absolute Gasteiger partial charge is 0.211 e. The molecular weight excluding hydrogens is 302 g/mol. The van der Waals surface area contributed by atoms with Crippen molar-refractivity contribution >= 4 is 10.0 Å². The SMILES string of the molecule is Cn1nccc1-c1nccnc1C[C@H]1CCN(S(C)(=O)=O)C1. The van der Waals surface area contributed by atoms with Gasteiger partial charge in [0, 0.05) is 38.7 Å². The van der Waals surface area contributed by atoms with Crippen molar-refractivity contribution < 1.29 is 8.42 Å². The first-order valence-corrected chi connectivity index (χ1v) is 9.03. The zero-order valence-electron chi connectivity index (χ0n) is 12.7. The van der Waals surface area contributed by atoms with Crippen LogP contribution in [0.5, 0.6) is 0 Å². The summed E-state index contributed by atoms with van der Waals surface area (Å²) < 4.78 is 26.5. The molecule has 0 N–H and O–H groups in total. The lowest BCUT2D eigenvalue weighted by atomic mass is 10.0. The second-order valence-corrected chi connectivity index (χ2v) is 7.65. The van der Waals surface area contributed by atoms with Crippen molar-refractivity contribution in [1.82, 2.24) is 24.1 Å². The van der Waals surface area contributed by atoms with Crippen LogP contribution in [-0.2, 0) is 23.5 Å². The summed E-state index contributed by atoms with van der Waals surface area (Å²) in [5, 5.41) is 4.17. The third-order valence-corrected chi connectivity index (χ3v) is 5.31. The molecule has 0 bridgehead atoms. The topological polar surface area (TPSA) is 81.0 Å². The molecule has 22 heavy (non-hydrogen) atoms. The predicted octanol–water partition coefficient (Wildman–Crippen LogP) is 0.701. The van der Waals surface area contributed by atoms with E-state index >= 15 is 0 Å². The van der Waals surface area contributed by atoms with E-state index in [1.165, 1.54) is 10.6 Å². The van der Waals surface area contributed by atoms with Crippen molar-refractivity contribution in [2.75, 3.05) is 19.3 Å². The van der Waals surface area contributed by atoms with Gasteiger partial charge in [0.15, 0.2) is 0 Å². The fraction of sp³-hybridized carbons (Fsp3) is 0.500. The highest BCUT2D eigenvalue weighted by atomic mass is 32.2. The molecule has 1 fully saturated rings. The average molecular weight is 321 g/mol. The normalized spacial score (nSPS) is 19.6. The molecule has 1 aliphatic heterocycles. The number of hydrogen-bond acceptors (Lipinski definition) is 5. The van der Waals surface area contributed by atoms with Gasteiger partial charge in [-0.1, -0.05) is 0 Å². The quantitative estimate of drug-likeness (QED) is 0.828. The standard InChI is InChI=1S/C14H19N5O2S/c1-18-13(3-5-17-18)14-12(15-6-7-16-14)9-11-4-8-19(10-11)22(2,20)21/h3,5-7,11H,4,8-10H2,1-2H3/t11-/m1/s1.